The maximum absolute atomic E-state index is 12.9. The van der Waals surface area contributed by atoms with E-state index in [9.17, 15) is 18.0 Å². The van der Waals surface area contributed by atoms with Crippen LogP contribution in [0.3, 0.4) is 0 Å². The van der Waals surface area contributed by atoms with Gasteiger partial charge in [0.25, 0.3) is 5.56 Å². The van der Waals surface area contributed by atoms with E-state index >= 15 is 0 Å². The minimum Gasteiger partial charge on any atom is -0.475 e. The van der Waals surface area contributed by atoms with Crippen molar-refractivity contribution in [3.05, 3.63) is 50.9 Å². The number of aromatic amines is 1. The third kappa shape index (κ3) is 2.85. The van der Waals surface area contributed by atoms with Gasteiger partial charge in [0.2, 0.25) is 0 Å². The smallest absolute Gasteiger partial charge is 0.475 e. The van der Waals surface area contributed by atoms with Crippen LogP contribution < -0.4 is 5.56 Å². The molecule has 1 aromatic carbocycles. The van der Waals surface area contributed by atoms with Crippen LogP contribution >= 0.6 is 11.6 Å². The van der Waals surface area contributed by atoms with E-state index in [1.54, 1.807) is 4.68 Å². The Bertz CT molecular complexity index is 993. The molecule has 0 aliphatic heterocycles. The second kappa shape index (κ2) is 6.40. The van der Waals surface area contributed by atoms with Crippen LogP contribution in [-0.2, 0) is 10.2 Å². The molecule has 2 aliphatic rings. The Morgan fingerprint density at radius 1 is 1.29 bits per heavy atom. The number of fused-ring (bicyclic) bond motifs is 5. The van der Waals surface area contributed by atoms with Gasteiger partial charge < -0.3 is 5.11 Å². The number of benzene rings is 1. The highest BCUT2D eigenvalue weighted by Crippen LogP contribution is 2.66. The summed E-state index contributed by atoms with van der Waals surface area (Å²) in [5.41, 5.74) is 3.10. The number of nitrogens with zero attached hydrogens (tertiary/aromatic N) is 1. The summed E-state index contributed by atoms with van der Waals surface area (Å²) >= 11 is 6.25. The Balaban J connectivity index is 0.000000279. The van der Waals surface area contributed by atoms with E-state index in [0.29, 0.717) is 10.9 Å². The molecule has 9 heteroatoms. The number of aromatic nitrogens is 2. The molecule has 0 saturated heterocycles. The van der Waals surface area contributed by atoms with Crippen molar-refractivity contribution < 1.29 is 23.1 Å². The van der Waals surface area contributed by atoms with E-state index in [0.717, 1.165) is 29.8 Å². The van der Waals surface area contributed by atoms with E-state index in [2.05, 4.69) is 25.9 Å². The Morgan fingerprint density at radius 2 is 1.86 bits per heavy atom. The van der Waals surface area contributed by atoms with Crippen LogP contribution in [0.2, 0.25) is 5.02 Å². The Kier molecular flexibility index (Phi) is 4.69. The van der Waals surface area contributed by atoms with Crippen LogP contribution in [0.15, 0.2) is 29.1 Å². The third-order valence-corrected chi connectivity index (χ3v) is 6.71. The number of H-pyrrole nitrogens is 1. The number of carboxylic acid groups (broad SMARTS) is 1. The fourth-order valence-corrected chi connectivity index (χ4v) is 4.67. The minimum atomic E-state index is -5.08. The molecule has 152 valence electrons. The Hall–Kier alpha value is -2.22. The molecule has 2 atom stereocenters. The van der Waals surface area contributed by atoms with Gasteiger partial charge in [-0.15, -0.1) is 0 Å². The van der Waals surface area contributed by atoms with Gasteiger partial charge in [-0.1, -0.05) is 44.5 Å². The zero-order chi connectivity index (χ0) is 21.1. The maximum atomic E-state index is 12.9. The number of aliphatic carboxylic acids is 1. The second-order valence-corrected chi connectivity index (χ2v) is 8.35. The lowest BCUT2D eigenvalue weighted by Crippen LogP contribution is -2.33. The topological polar surface area (TPSA) is 75.1 Å². The van der Waals surface area contributed by atoms with Gasteiger partial charge in [-0.25, -0.2) is 9.48 Å². The molecule has 0 amide bonds. The lowest BCUT2D eigenvalue weighted by molar-refractivity contribution is -0.192. The molecule has 2 aliphatic carbocycles. The number of para-hydroxylation sites is 1. The van der Waals surface area contributed by atoms with E-state index in [1.807, 2.05) is 24.3 Å². The lowest BCUT2D eigenvalue weighted by atomic mass is 9.70. The zero-order valence-corrected chi connectivity index (χ0v) is 16.3. The molecule has 1 aromatic heterocycles. The fourth-order valence-electron chi connectivity index (χ4n) is 4.45. The van der Waals surface area contributed by atoms with Gasteiger partial charge in [-0.05, 0) is 36.3 Å². The molecule has 5 nitrogen and oxygen atoms in total. The first kappa shape index (κ1) is 20.5. The van der Waals surface area contributed by atoms with Gasteiger partial charge >= 0.3 is 12.1 Å². The van der Waals surface area contributed by atoms with Crippen molar-refractivity contribution in [2.24, 2.45) is 5.41 Å². The standard InChI is InChI=1S/C17H19ClN2O.C2HF3O2/c1-16(2)10-8-9-17(16,3)14-13(10)15(21)20(19-14)12-7-5-4-6-11(12)18;3-2(4,5)1(6)7/h4-7,10,19H,8-9H2,1-3H3;(H,6,7)/t10-,17+;/m0./s1. The molecule has 0 spiro atoms. The molecular weight excluding hydrogens is 397 g/mol. The number of nitrogens with one attached hydrogen (secondary N) is 1. The first-order valence-corrected chi connectivity index (χ1v) is 9.10. The van der Waals surface area contributed by atoms with Crippen molar-refractivity contribution in [2.75, 3.05) is 0 Å². The van der Waals surface area contributed by atoms with Crippen LogP contribution in [0, 0.1) is 5.41 Å². The summed E-state index contributed by atoms with van der Waals surface area (Å²) in [6.45, 7) is 6.86. The van der Waals surface area contributed by atoms with Crippen molar-refractivity contribution >= 4 is 17.6 Å². The summed E-state index contributed by atoms with van der Waals surface area (Å²) in [4.78, 5) is 21.8. The van der Waals surface area contributed by atoms with Gasteiger partial charge in [0, 0.05) is 16.7 Å². The molecular formula is C19H20ClF3N2O3. The first-order chi connectivity index (χ1) is 12.8. The average Bonchev–Trinajstić information content (AvgIpc) is 3.10. The van der Waals surface area contributed by atoms with Crippen molar-refractivity contribution in [1.29, 1.82) is 0 Å². The van der Waals surface area contributed by atoms with Crippen molar-refractivity contribution in [1.82, 2.24) is 9.78 Å². The lowest BCUT2D eigenvalue weighted by Gasteiger charge is -2.34. The number of alkyl halides is 3. The van der Waals surface area contributed by atoms with Crippen molar-refractivity contribution in [3.8, 4) is 5.69 Å². The quantitative estimate of drug-likeness (QED) is 0.711. The zero-order valence-electron chi connectivity index (χ0n) is 15.5. The van der Waals surface area contributed by atoms with Gasteiger partial charge in [0.05, 0.1) is 10.7 Å². The summed E-state index contributed by atoms with van der Waals surface area (Å²) in [7, 11) is 0. The van der Waals surface area contributed by atoms with Crippen LogP contribution in [0.5, 0.6) is 0 Å². The van der Waals surface area contributed by atoms with Crippen LogP contribution in [0.1, 0.15) is 50.8 Å². The van der Waals surface area contributed by atoms with E-state index in [4.69, 9.17) is 21.5 Å². The van der Waals surface area contributed by atoms with E-state index < -0.39 is 12.1 Å². The van der Waals surface area contributed by atoms with Gasteiger partial charge in [-0.3, -0.25) is 9.89 Å². The highest BCUT2D eigenvalue weighted by Gasteiger charge is 2.61. The summed E-state index contributed by atoms with van der Waals surface area (Å²) < 4.78 is 33.4. The number of hydrogen-bond donors (Lipinski definition) is 2. The maximum Gasteiger partial charge on any atom is 0.490 e. The molecule has 1 fully saturated rings. The molecule has 28 heavy (non-hydrogen) atoms. The molecule has 4 rings (SSSR count). The van der Waals surface area contributed by atoms with Gasteiger partial charge in [0.1, 0.15) is 0 Å². The largest absolute Gasteiger partial charge is 0.490 e. The number of rotatable bonds is 1. The predicted octanol–water partition coefficient (Wildman–Crippen LogP) is 4.63. The molecule has 0 radical (unpaired) electrons. The monoisotopic (exact) mass is 416 g/mol. The first-order valence-electron chi connectivity index (χ1n) is 8.73. The molecule has 0 unspecified atom stereocenters. The summed E-state index contributed by atoms with van der Waals surface area (Å²) in [6, 6.07) is 7.47. The normalized spacial score (nSPS) is 24.5. The van der Waals surface area contributed by atoms with E-state index in [1.165, 1.54) is 0 Å². The van der Waals surface area contributed by atoms with E-state index in [-0.39, 0.29) is 16.4 Å². The second-order valence-electron chi connectivity index (χ2n) is 7.94. The fraction of sp³-hybridized carbons (Fsp3) is 0.474. The predicted molar refractivity (Wildman–Crippen MR) is 98.2 cm³/mol. The van der Waals surface area contributed by atoms with Gasteiger partial charge in [0.15, 0.2) is 0 Å². The summed E-state index contributed by atoms with van der Waals surface area (Å²) in [6.07, 6.45) is -2.84. The highest BCUT2D eigenvalue weighted by atomic mass is 35.5. The minimum absolute atomic E-state index is 0.0542. The number of carboxylic acids is 1. The number of halogens is 4. The number of hydrogen-bond acceptors (Lipinski definition) is 2. The molecule has 2 N–H and O–H groups in total. The van der Waals surface area contributed by atoms with Crippen molar-refractivity contribution in [2.45, 2.75) is 51.1 Å². The van der Waals surface area contributed by atoms with Crippen LogP contribution in [-0.4, -0.2) is 27.0 Å². The molecule has 2 aromatic rings. The third-order valence-electron chi connectivity index (χ3n) is 6.39. The average molecular weight is 417 g/mol. The highest BCUT2D eigenvalue weighted by molar-refractivity contribution is 6.32. The summed E-state index contributed by atoms with van der Waals surface area (Å²) in [5, 5.41) is 11.1. The molecule has 1 heterocycles. The summed E-state index contributed by atoms with van der Waals surface area (Å²) in [5.74, 6) is -2.41. The molecule has 1 saturated carbocycles. The Morgan fingerprint density at radius 3 is 2.36 bits per heavy atom. The SMILES string of the molecule is CC1(C)[C@H]2CC[C@]1(C)c1[nH]n(-c3ccccc3Cl)c(=O)c12.O=C(O)C(F)(F)F. The Labute approximate surface area is 164 Å². The molecule has 2 bridgehead atoms. The number of carbonyl (C=O) groups is 1. The van der Waals surface area contributed by atoms with Crippen molar-refractivity contribution in [3.63, 3.8) is 0 Å². The van der Waals surface area contributed by atoms with Crippen LogP contribution in [0.4, 0.5) is 13.2 Å². The van der Waals surface area contributed by atoms with Crippen LogP contribution in [0.25, 0.3) is 5.69 Å². The van der Waals surface area contributed by atoms with Gasteiger partial charge in [-0.2, -0.15) is 13.2 Å².